The fourth-order valence-corrected chi connectivity index (χ4v) is 3.67. The van der Waals surface area contributed by atoms with Crippen molar-refractivity contribution in [2.75, 3.05) is 13.1 Å². The molecular formula is C21H34IN7O2. The van der Waals surface area contributed by atoms with E-state index in [0.717, 1.165) is 44.0 Å². The Morgan fingerprint density at radius 1 is 1.39 bits per heavy atom. The topological polar surface area (TPSA) is 120 Å². The summed E-state index contributed by atoms with van der Waals surface area (Å²) in [6.45, 7) is 7.40. The highest BCUT2D eigenvalue weighted by Crippen LogP contribution is 2.24. The number of rotatable bonds is 8. The van der Waals surface area contributed by atoms with Gasteiger partial charge in [-0.25, -0.2) is 4.98 Å². The molecule has 172 valence electrons. The van der Waals surface area contributed by atoms with Crippen LogP contribution in [-0.4, -0.2) is 52.2 Å². The summed E-state index contributed by atoms with van der Waals surface area (Å²) in [4.78, 5) is 21.5. The summed E-state index contributed by atoms with van der Waals surface area (Å²) in [6.07, 6.45) is 6.12. The third-order valence-electron chi connectivity index (χ3n) is 5.05. The fraction of sp³-hybridized carbons (Fsp3) is 0.619. The summed E-state index contributed by atoms with van der Waals surface area (Å²) in [5.41, 5.74) is 0. The predicted molar refractivity (Wildman–Crippen MR) is 131 cm³/mol. The zero-order valence-electron chi connectivity index (χ0n) is 18.5. The van der Waals surface area contributed by atoms with Crippen molar-refractivity contribution in [3.8, 4) is 11.6 Å². The van der Waals surface area contributed by atoms with E-state index in [0.29, 0.717) is 24.6 Å². The van der Waals surface area contributed by atoms with Gasteiger partial charge < -0.3 is 20.4 Å². The van der Waals surface area contributed by atoms with E-state index in [-0.39, 0.29) is 47.9 Å². The van der Waals surface area contributed by atoms with Crippen LogP contribution < -0.4 is 16.0 Å². The summed E-state index contributed by atoms with van der Waals surface area (Å²) >= 11 is 0. The normalized spacial score (nSPS) is 19.0. The van der Waals surface area contributed by atoms with Crippen molar-refractivity contribution in [2.24, 2.45) is 10.9 Å². The molecule has 3 rings (SSSR count). The van der Waals surface area contributed by atoms with E-state index in [1.165, 1.54) is 0 Å². The van der Waals surface area contributed by atoms with Gasteiger partial charge in [0.25, 0.3) is 0 Å². The lowest BCUT2D eigenvalue weighted by molar-refractivity contribution is -0.126. The van der Waals surface area contributed by atoms with Gasteiger partial charge in [0, 0.05) is 37.5 Å². The molecule has 9 nitrogen and oxygen atoms in total. The number of hydrogen-bond acceptors (Lipinski definition) is 5. The van der Waals surface area contributed by atoms with Crippen LogP contribution >= 0.6 is 24.0 Å². The summed E-state index contributed by atoms with van der Waals surface area (Å²) in [6, 6.07) is 4.06. The molecule has 0 aliphatic heterocycles. The molecule has 4 N–H and O–H groups in total. The van der Waals surface area contributed by atoms with Crippen LogP contribution in [0.2, 0.25) is 0 Å². The van der Waals surface area contributed by atoms with Crippen molar-refractivity contribution in [3.05, 3.63) is 24.2 Å². The van der Waals surface area contributed by atoms with E-state index in [1.807, 2.05) is 32.9 Å². The van der Waals surface area contributed by atoms with Gasteiger partial charge in [-0.05, 0) is 52.2 Å². The van der Waals surface area contributed by atoms with Crippen LogP contribution in [0.5, 0.6) is 0 Å². The lowest BCUT2D eigenvalue weighted by atomic mass is 9.85. The van der Waals surface area contributed by atoms with Gasteiger partial charge in [0.1, 0.15) is 5.82 Å². The van der Waals surface area contributed by atoms with E-state index in [9.17, 15) is 4.79 Å². The van der Waals surface area contributed by atoms with Gasteiger partial charge >= 0.3 is 0 Å². The Balaban J connectivity index is 0.00000341. The Labute approximate surface area is 200 Å². The maximum absolute atomic E-state index is 12.4. The first kappa shape index (κ1) is 25.2. The van der Waals surface area contributed by atoms with Crippen LogP contribution in [0.25, 0.3) is 11.6 Å². The summed E-state index contributed by atoms with van der Waals surface area (Å²) < 4.78 is 5.32. The van der Waals surface area contributed by atoms with Crippen LogP contribution in [0.1, 0.15) is 52.3 Å². The second-order valence-electron chi connectivity index (χ2n) is 7.96. The average Bonchev–Trinajstić information content (AvgIpc) is 3.40. The van der Waals surface area contributed by atoms with Crippen LogP contribution in [0, 0.1) is 5.92 Å². The predicted octanol–water partition coefficient (Wildman–Crippen LogP) is 2.86. The van der Waals surface area contributed by atoms with Crippen molar-refractivity contribution in [3.63, 3.8) is 0 Å². The van der Waals surface area contributed by atoms with Crippen LogP contribution in [0.15, 0.2) is 27.8 Å². The van der Waals surface area contributed by atoms with Crippen LogP contribution in [0.3, 0.4) is 0 Å². The Hall–Kier alpha value is -2.11. The number of aliphatic imine (C=N–C) groups is 1. The zero-order valence-corrected chi connectivity index (χ0v) is 20.8. The van der Waals surface area contributed by atoms with E-state index < -0.39 is 0 Å². The first-order valence-electron chi connectivity index (χ1n) is 10.9. The van der Waals surface area contributed by atoms with Crippen LogP contribution in [0.4, 0.5) is 0 Å². The third kappa shape index (κ3) is 7.82. The Morgan fingerprint density at radius 3 is 2.94 bits per heavy atom. The number of nitrogens with one attached hydrogen (secondary N) is 4. The van der Waals surface area contributed by atoms with Gasteiger partial charge in [0.15, 0.2) is 11.7 Å². The molecule has 0 spiro atoms. The molecule has 1 amide bonds. The lowest BCUT2D eigenvalue weighted by Crippen LogP contribution is -2.47. The second kappa shape index (κ2) is 12.7. The largest absolute Gasteiger partial charge is 0.461 e. The van der Waals surface area contributed by atoms with Crippen molar-refractivity contribution in [2.45, 2.75) is 65.0 Å². The van der Waals surface area contributed by atoms with Crippen LogP contribution in [-0.2, 0) is 11.2 Å². The molecule has 0 radical (unpaired) electrons. The third-order valence-corrected chi connectivity index (χ3v) is 5.05. The van der Waals surface area contributed by atoms with Crippen molar-refractivity contribution < 1.29 is 9.21 Å². The number of carbonyl (C=O) groups is 1. The molecule has 2 aromatic heterocycles. The molecule has 0 bridgehead atoms. The monoisotopic (exact) mass is 543 g/mol. The van der Waals surface area contributed by atoms with Crippen molar-refractivity contribution >= 4 is 35.8 Å². The molecule has 1 aliphatic rings. The van der Waals surface area contributed by atoms with E-state index in [4.69, 9.17) is 4.42 Å². The highest BCUT2D eigenvalue weighted by Gasteiger charge is 2.28. The Morgan fingerprint density at radius 2 is 2.23 bits per heavy atom. The van der Waals surface area contributed by atoms with E-state index in [2.05, 4.69) is 36.1 Å². The average molecular weight is 543 g/mol. The van der Waals surface area contributed by atoms with Gasteiger partial charge in [-0.2, -0.15) is 5.10 Å². The first-order chi connectivity index (χ1) is 14.5. The number of nitrogens with zero attached hydrogens (tertiary/aromatic N) is 3. The minimum Gasteiger partial charge on any atom is -0.461 e. The first-order valence-corrected chi connectivity index (χ1v) is 10.9. The Bertz CT molecular complexity index is 820. The van der Waals surface area contributed by atoms with Gasteiger partial charge in [0.2, 0.25) is 11.7 Å². The van der Waals surface area contributed by atoms with Crippen molar-refractivity contribution in [1.82, 2.24) is 31.1 Å². The standard InChI is InChI=1S/C21H33N7O2.HI/c1-4-22-21(25-16-8-5-7-15(13-16)20(29)24-14(2)3)23-11-10-18-26-19(28-27-18)17-9-6-12-30-17;/h6,9,12,14-16H,4-5,7-8,10-11,13H2,1-3H3,(H,24,29)(H2,22,23,25)(H,26,27,28);1H. The Kier molecular flexibility index (Phi) is 10.3. The number of aromatic nitrogens is 3. The number of halogens is 1. The molecule has 0 saturated heterocycles. The molecule has 1 aliphatic carbocycles. The molecule has 10 heteroatoms. The molecule has 31 heavy (non-hydrogen) atoms. The highest BCUT2D eigenvalue weighted by atomic mass is 127. The van der Waals surface area contributed by atoms with E-state index >= 15 is 0 Å². The second-order valence-corrected chi connectivity index (χ2v) is 7.96. The minimum absolute atomic E-state index is 0. The van der Waals surface area contributed by atoms with Gasteiger partial charge in [-0.15, -0.1) is 24.0 Å². The molecule has 1 saturated carbocycles. The molecule has 2 unspecified atom stereocenters. The maximum Gasteiger partial charge on any atom is 0.223 e. The molecular weight excluding hydrogens is 509 g/mol. The van der Waals surface area contributed by atoms with Gasteiger partial charge in [-0.1, -0.05) is 6.42 Å². The minimum atomic E-state index is 0. The molecule has 2 atom stereocenters. The maximum atomic E-state index is 12.4. The lowest BCUT2D eigenvalue weighted by Gasteiger charge is -2.30. The summed E-state index contributed by atoms with van der Waals surface area (Å²) in [7, 11) is 0. The smallest absolute Gasteiger partial charge is 0.223 e. The number of guanidine groups is 1. The number of aromatic amines is 1. The van der Waals surface area contributed by atoms with Gasteiger partial charge in [-0.3, -0.25) is 14.9 Å². The van der Waals surface area contributed by atoms with Gasteiger partial charge in [0.05, 0.1) is 6.26 Å². The number of furan rings is 1. The highest BCUT2D eigenvalue weighted by molar-refractivity contribution is 14.0. The molecule has 1 fully saturated rings. The molecule has 0 aromatic carbocycles. The SMILES string of the molecule is CCNC(=NCCc1nc(-c2ccco2)n[nH]1)NC1CCCC(C(=O)NC(C)C)C1.I. The summed E-state index contributed by atoms with van der Waals surface area (Å²) in [5, 5.41) is 17.0. The van der Waals surface area contributed by atoms with Crippen molar-refractivity contribution in [1.29, 1.82) is 0 Å². The molecule has 2 heterocycles. The number of H-pyrrole nitrogens is 1. The quantitative estimate of drug-likeness (QED) is 0.231. The number of carbonyl (C=O) groups excluding carboxylic acids is 1. The zero-order chi connectivity index (χ0) is 21.3. The summed E-state index contributed by atoms with van der Waals surface area (Å²) in [5.74, 6) is 2.97. The fourth-order valence-electron chi connectivity index (χ4n) is 3.67. The number of hydrogen-bond donors (Lipinski definition) is 4. The number of amides is 1. The molecule has 2 aromatic rings. The van der Waals surface area contributed by atoms with E-state index in [1.54, 1.807) is 6.26 Å².